The zero-order valence-corrected chi connectivity index (χ0v) is 22.9. The molecule has 0 radical (unpaired) electrons. The number of benzene rings is 2. The van der Waals surface area contributed by atoms with Crippen LogP contribution in [0, 0.1) is 5.41 Å². The number of likely N-dealkylation sites (N-methyl/N-ethyl adjacent to an activating group) is 1. The van der Waals surface area contributed by atoms with E-state index < -0.39 is 21.4 Å². The first-order chi connectivity index (χ1) is 18.1. The third-order valence-electron chi connectivity index (χ3n) is 7.35. The molecule has 1 amide bonds. The number of aromatic nitrogens is 1. The molecule has 10 nitrogen and oxygen atoms in total. The van der Waals surface area contributed by atoms with Crippen LogP contribution in [-0.4, -0.2) is 79.9 Å². The normalized spacial score (nSPS) is 17.8. The molecule has 5 rings (SSSR count). The van der Waals surface area contributed by atoms with Crippen molar-refractivity contribution in [1.82, 2.24) is 19.5 Å². The number of piperazine rings is 1. The van der Waals surface area contributed by atoms with Crippen molar-refractivity contribution in [3.05, 3.63) is 52.5 Å². The molecule has 2 heterocycles. The molecule has 38 heavy (non-hydrogen) atoms. The van der Waals surface area contributed by atoms with Gasteiger partial charge in [0.1, 0.15) is 15.7 Å². The van der Waals surface area contributed by atoms with Gasteiger partial charge in [-0.3, -0.25) is 9.59 Å². The van der Waals surface area contributed by atoms with E-state index in [9.17, 15) is 23.1 Å². The Labute approximate surface area is 225 Å². The number of nitrogens with zero attached hydrogens (tertiary/aromatic N) is 3. The number of aliphatic carboxylic acids is 1. The number of methoxy groups -OCH3 is 1. The van der Waals surface area contributed by atoms with Crippen LogP contribution in [0.1, 0.15) is 22.6 Å². The SMILES string of the molecule is COc1cc2sc(CNC(=O)C3(CC(=O)O)Cc4ccccc4C3)nc2cc1S(=O)(=O)N1CCN(C)CC1. The lowest BCUT2D eigenvalue weighted by molar-refractivity contribution is -0.145. The quantitative estimate of drug-likeness (QED) is 0.430. The van der Waals surface area contributed by atoms with Crippen LogP contribution in [0.2, 0.25) is 0 Å². The number of rotatable bonds is 8. The van der Waals surface area contributed by atoms with Gasteiger partial charge in [-0.1, -0.05) is 24.3 Å². The number of hydrogen-bond acceptors (Lipinski definition) is 8. The zero-order chi connectivity index (χ0) is 27.1. The third-order valence-corrected chi connectivity index (χ3v) is 10.3. The van der Waals surface area contributed by atoms with E-state index in [0.29, 0.717) is 49.5 Å². The minimum absolute atomic E-state index is 0.0714. The molecule has 0 saturated carbocycles. The Hall–Kier alpha value is -3.06. The van der Waals surface area contributed by atoms with Crippen LogP contribution in [0.25, 0.3) is 10.2 Å². The predicted molar refractivity (Wildman–Crippen MR) is 143 cm³/mol. The average Bonchev–Trinajstić information content (AvgIpc) is 3.47. The fourth-order valence-corrected chi connectivity index (χ4v) is 7.78. The van der Waals surface area contributed by atoms with Crippen molar-refractivity contribution >= 4 is 43.5 Å². The molecule has 0 bridgehead atoms. The number of hydrogen-bond donors (Lipinski definition) is 2. The highest BCUT2D eigenvalue weighted by Gasteiger charge is 2.45. The lowest BCUT2D eigenvalue weighted by Crippen LogP contribution is -2.47. The van der Waals surface area contributed by atoms with Gasteiger partial charge in [0.2, 0.25) is 15.9 Å². The standard InChI is InChI=1S/C26H30N4O6S2/c1-29-7-9-30(10-8-29)38(34,35)22-11-19-21(12-20(22)36-2)37-23(28-19)16-27-25(33)26(15-24(31)32)13-17-5-3-4-6-18(17)14-26/h3-6,11-12H,7-10,13-16H2,1-2H3,(H,27,33)(H,31,32). The van der Waals surface area contributed by atoms with Crippen LogP contribution in [0.15, 0.2) is 41.3 Å². The van der Waals surface area contributed by atoms with Crippen molar-refractivity contribution in [2.45, 2.75) is 30.7 Å². The smallest absolute Gasteiger partial charge is 0.304 e. The van der Waals surface area contributed by atoms with E-state index >= 15 is 0 Å². The molecule has 1 aliphatic heterocycles. The molecule has 202 valence electrons. The van der Waals surface area contributed by atoms with Crippen LogP contribution in [0.4, 0.5) is 0 Å². The Balaban J connectivity index is 1.37. The number of amides is 1. The number of thiazole rings is 1. The first-order valence-corrected chi connectivity index (χ1v) is 14.6. The average molecular weight is 559 g/mol. The van der Waals surface area contributed by atoms with Gasteiger partial charge < -0.3 is 20.1 Å². The maximum absolute atomic E-state index is 13.4. The van der Waals surface area contributed by atoms with Crippen molar-refractivity contribution < 1.29 is 27.9 Å². The molecule has 0 spiro atoms. The summed E-state index contributed by atoms with van der Waals surface area (Å²) in [4.78, 5) is 31.7. The Bertz CT molecular complexity index is 1470. The van der Waals surface area contributed by atoms with Gasteiger partial charge >= 0.3 is 5.97 Å². The number of ether oxygens (including phenoxy) is 1. The van der Waals surface area contributed by atoms with Gasteiger partial charge in [0.05, 0.1) is 35.7 Å². The van der Waals surface area contributed by atoms with Crippen LogP contribution in [-0.2, 0) is 39.0 Å². The molecule has 0 atom stereocenters. The number of fused-ring (bicyclic) bond motifs is 2. The molecule has 1 aromatic heterocycles. The summed E-state index contributed by atoms with van der Waals surface area (Å²) < 4.78 is 34.4. The minimum Gasteiger partial charge on any atom is -0.495 e. The molecule has 2 N–H and O–H groups in total. The zero-order valence-electron chi connectivity index (χ0n) is 21.3. The molecule has 12 heteroatoms. The van der Waals surface area contributed by atoms with Gasteiger partial charge in [0.15, 0.2) is 0 Å². The Morgan fingerprint density at radius 3 is 2.39 bits per heavy atom. The lowest BCUT2D eigenvalue weighted by Gasteiger charge is -2.31. The molecular formula is C26H30N4O6S2. The van der Waals surface area contributed by atoms with Crippen molar-refractivity contribution in [3.8, 4) is 5.75 Å². The molecule has 2 aliphatic rings. The van der Waals surface area contributed by atoms with E-state index in [0.717, 1.165) is 15.8 Å². The molecule has 0 unspecified atom stereocenters. The highest BCUT2D eigenvalue weighted by molar-refractivity contribution is 7.89. The summed E-state index contributed by atoms with van der Waals surface area (Å²) in [6.07, 6.45) is 0.468. The second-order valence-corrected chi connectivity index (χ2v) is 13.0. The molecule has 1 aliphatic carbocycles. The van der Waals surface area contributed by atoms with Crippen LogP contribution < -0.4 is 10.1 Å². The lowest BCUT2D eigenvalue weighted by atomic mass is 9.80. The van der Waals surface area contributed by atoms with Crippen molar-refractivity contribution in [1.29, 1.82) is 0 Å². The van der Waals surface area contributed by atoms with Gasteiger partial charge in [-0.2, -0.15) is 4.31 Å². The molecule has 1 fully saturated rings. The molecule has 3 aromatic rings. The van der Waals surface area contributed by atoms with E-state index in [4.69, 9.17) is 4.74 Å². The van der Waals surface area contributed by atoms with Gasteiger partial charge in [-0.05, 0) is 37.1 Å². The Kier molecular flexibility index (Phi) is 7.16. The third kappa shape index (κ3) is 5.00. The van der Waals surface area contributed by atoms with Crippen molar-refractivity contribution in [2.24, 2.45) is 5.41 Å². The number of carbonyl (C=O) groups is 2. The highest BCUT2D eigenvalue weighted by atomic mass is 32.2. The molecule has 1 saturated heterocycles. The van der Waals surface area contributed by atoms with Gasteiger partial charge in [-0.15, -0.1) is 11.3 Å². The van der Waals surface area contributed by atoms with E-state index in [2.05, 4.69) is 15.2 Å². The van der Waals surface area contributed by atoms with Crippen LogP contribution >= 0.6 is 11.3 Å². The summed E-state index contributed by atoms with van der Waals surface area (Å²) in [5.74, 6) is -1.10. The van der Waals surface area contributed by atoms with Crippen molar-refractivity contribution in [2.75, 3.05) is 40.3 Å². The van der Waals surface area contributed by atoms with E-state index in [1.807, 2.05) is 31.3 Å². The van der Waals surface area contributed by atoms with Crippen LogP contribution in [0.5, 0.6) is 5.75 Å². The topological polar surface area (TPSA) is 129 Å². The van der Waals surface area contributed by atoms with Crippen LogP contribution in [0.3, 0.4) is 0 Å². The summed E-state index contributed by atoms with van der Waals surface area (Å²) in [6.45, 7) is 2.21. The monoisotopic (exact) mass is 558 g/mol. The molecule has 2 aromatic carbocycles. The fraction of sp³-hybridized carbons (Fsp3) is 0.423. The van der Waals surface area contributed by atoms with Gasteiger partial charge in [0, 0.05) is 32.2 Å². The highest BCUT2D eigenvalue weighted by Crippen LogP contribution is 2.40. The van der Waals surface area contributed by atoms with E-state index in [-0.39, 0.29) is 29.5 Å². The first kappa shape index (κ1) is 26.5. The second-order valence-electron chi connectivity index (χ2n) is 9.94. The number of carboxylic acids is 1. The Morgan fingerprint density at radius 1 is 1.13 bits per heavy atom. The molecular weight excluding hydrogens is 528 g/mol. The summed E-state index contributed by atoms with van der Waals surface area (Å²) in [5, 5.41) is 13.0. The van der Waals surface area contributed by atoms with Gasteiger partial charge in [0.25, 0.3) is 0 Å². The number of carboxylic acid groups (broad SMARTS) is 1. The first-order valence-electron chi connectivity index (χ1n) is 12.3. The van der Waals surface area contributed by atoms with Crippen molar-refractivity contribution in [3.63, 3.8) is 0 Å². The van der Waals surface area contributed by atoms with E-state index in [1.165, 1.54) is 28.8 Å². The fourth-order valence-electron chi connectivity index (χ4n) is 5.28. The van der Waals surface area contributed by atoms with E-state index in [1.54, 1.807) is 6.07 Å². The Morgan fingerprint density at radius 2 is 1.79 bits per heavy atom. The van der Waals surface area contributed by atoms with Gasteiger partial charge in [-0.25, -0.2) is 13.4 Å². The maximum Gasteiger partial charge on any atom is 0.304 e. The number of sulfonamides is 1. The second kappa shape index (κ2) is 10.3. The number of nitrogens with one attached hydrogen (secondary N) is 1. The number of carbonyl (C=O) groups excluding carboxylic acids is 1. The summed E-state index contributed by atoms with van der Waals surface area (Å²) in [5.41, 5.74) is 1.43. The summed E-state index contributed by atoms with van der Waals surface area (Å²) in [6, 6.07) is 10.8. The maximum atomic E-state index is 13.4. The largest absolute Gasteiger partial charge is 0.495 e. The summed E-state index contributed by atoms with van der Waals surface area (Å²) >= 11 is 1.33. The summed E-state index contributed by atoms with van der Waals surface area (Å²) in [7, 11) is -0.374. The minimum atomic E-state index is -3.77. The predicted octanol–water partition coefficient (Wildman–Crippen LogP) is 2.12.